The van der Waals surface area contributed by atoms with Crippen LogP contribution in [-0.4, -0.2) is 58.5 Å². The fourth-order valence-corrected chi connectivity index (χ4v) is 2.07. The first-order valence-electron chi connectivity index (χ1n) is 6.45. The Labute approximate surface area is 114 Å². The zero-order chi connectivity index (χ0) is 14.6. The molecule has 0 aliphatic rings. The monoisotopic (exact) mass is 268 g/mol. The molecule has 0 saturated carbocycles. The molecule has 1 unspecified atom stereocenters. The topological polar surface area (TPSA) is 70.4 Å². The average Bonchev–Trinajstić information content (AvgIpc) is 2.66. The molecule has 1 atom stereocenters. The molecule has 108 valence electrons. The van der Waals surface area contributed by atoms with Crippen molar-refractivity contribution < 1.29 is 9.90 Å². The summed E-state index contributed by atoms with van der Waals surface area (Å²) in [6.07, 6.45) is 0. The Morgan fingerprint density at radius 3 is 2.74 bits per heavy atom. The SMILES string of the molecule is CCn1nc(C)cc1C(=O)NCC(C)(O)CN(C)C. The summed E-state index contributed by atoms with van der Waals surface area (Å²) in [5.74, 6) is -0.207. The minimum atomic E-state index is -0.953. The molecule has 1 aromatic heterocycles. The van der Waals surface area contributed by atoms with Gasteiger partial charge in [0.25, 0.3) is 5.91 Å². The summed E-state index contributed by atoms with van der Waals surface area (Å²) < 4.78 is 1.66. The molecule has 6 nitrogen and oxygen atoms in total. The van der Waals surface area contributed by atoms with Crippen molar-refractivity contribution in [3.63, 3.8) is 0 Å². The number of nitrogens with zero attached hydrogens (tertiary/aromatic N) is 3. The van der Waals surface area contributed by atoms with Crippen molar-refractivity contribution in [3.05, 3.63) is 17.5 Å². The second-order valence-corrected chi connectivity index (χ2v) is 5.40. The summed E-state index contributed by atoms with van der Waals surface area (Å²) in [5.41, 5.74) is 0.387. The third kappa shape index (κ3) is 4.65. The van der Waals surface area contributed by atoms with Crippen LogP contribution in [0.25, 0.3) is 0 Å². The zero-order valence-corrected chi connectivity index (χ0v) is 12.4. The van der Waals surface area contributed by atoms with Gasteiger partial charge in [-0.25, -0.2) is 0 Å². The summed E-state index contributed by atoms with van der Waals surface area (Å²) in [6.45, 7) is 6.83. The molecule has 0 bridgehead atoms. The van der Waals surface area contributed by atoms with Crippen LogP contribution in [0.5, 0.6) is 0 Å². The summed E-state index contributed by atoms with van der Waals surface area (Å²) in [7, 11) is 3.76. The van der Waals surface area contributed by atoms with Crippen LogP contribution in [-0.2, 0) is 6.54 Å². The van der Waals surface area contributed by atoms with Crippen LogP contribution in [0.1, 0.15) is 30.0 Å². The van der Waals surface area contributed by atoms with Gasteiger partial charge in [-0.05, 0) is 40.9 Å². The Morgan fingerprint density at radius 2 is 2.21 bits per heavy atom. The molecule has 0 aliphatic heterocycles. The van der Waals surface area contributed by atoms with Crippen LogP contribution in [0.4, 0.5) is 0 Å². The highest BCUT2D eigenvalue weighted by atomic mass is 16.3. The summed E-state index contributed by atoms with van der Waals surface area (Å²) >= 11 is 0. The Hall–Kier alpha value is -1.40. The van der Waals surface area contributed by atoms with Crippen LogP contribution in [0.15, 0.2) is 6.07 Å². The largest absolute Gasteiger partial charge is 0.387 e. The summed E-state index contributed by atoms with van der Waals surface area (Å²) in [4.78, 5) is 14.0. The molecule has 1 rings (SSSR count). The first kappa shape index (κ1) is 15.7. The van der Waals surface area contributed by atoms with Gasteiger partial charge in [0.2, 0.25) is 0 Å². The van der Waals surface area contributed by atoms with E-state index in [2.05, 4.69) is 10.4 Å². The fourth-order valence-electron chi connectivity index (χ4n) is 2.07. The first-order valence-corrected chi connectivity index (χ1v) is 6.45. The average molecular weight is 268 g/mol. The summed E-state index contributed by atoms with van der Waals surface area (Å²) in [6, 6.07) is 1.75. The highest BCUT2D eigenvalue weighted by molar-refractivity contribution is 5.92. The quantitative estimate of drug-likeness (QED) is 0.776. The maximum absolute atomic E-state index is 12.1. The molecule has 1 amide bonds. The third-order valence-electron chi connectivity index (χ3n) is 2.72. The Bertz CT molecular complexity index is 438. The van der Waals surface area contributed by atoms with Crippen molar-refractivity contribution in [1.82, 2.24) is 20.0 Å². The minimum Gasteiger partial charge on any atom is -0.387 e. The number of amides is 1. The Morgan fingerprint density at radius 1 is 1.58 bits per heavy atom. The van der Waals surface area contributed by atoms with E-state index in [4.69, 9.17) is 0 Å². The molecule has 0 radical (unpaired) electrons. The highest BCUT2D eigenvalue weighted by Gasteiger charge is 2.23. The van der Waals surface area contributed by atoms with E-state index in [1.807, 2.05) is 32.8 Å². The maximum atomic E-state index is 12.1. The van der Waals surface area contributed by atoms with E-state index in [1.54, 1.807) is 17.7 Å². The zero-order valence-electron chi connectivity index (χ0n) is 12.4. The number of aromatic nitrogens is 2. The molecule has 0 fully saturated rings. The van der Waals surface area contributed by atoms with E-state index < -0.39 is 5.60 Å². The fraction of sp³-hybridized carbons (Fsp3) is 0.692. The molecule has 0 aliphatic carbocycles. The van der Waals surface area contributed by atoms with E-state index in [1.165, 1.54) is 0 Å². The lowest BCUT2D eigenvalue weighted by Crippen LogP contribution is -2.47. The smallest absolute Gasteiger partial charge is 0.269 e. The molecule has 1 heterocycles. The number of carbonyl (C=O) groups excluding carboxylic acids is 1. The molecular formula is C13H24N4O2. The van der Waals surface area contributed by atoms with Gasteiger partial charge in [-0.3, -0.25) is 9.48 Å². The van der Waals surface area contributed by atoms with Gasteiger partial charge in [-0.2, -0.15) is 5.10 Å². The number of hydrogen-bond acceptors (Lipinski definition) is 4. The lowest BCUT2D eigenvalue weighted by Gasteiger charge is -2.27. The van der Waals surface area contributed by atoms with Crippen molar-refractivity contribution in [2.24, 2.45) is 0 Å². The third-order valence-corrected chi connectivity index (χ3v) is 2.72. The van der Waals surface area contributed by atoms with Gasteiger partial charge in [0.15, 0.2) is 0 Å². The summed E-state index contributed by atoms with van der Waals surface area (Å²) in [5, 5.41) is 17.1. The number of likely N-dealkylation sites (N-methyl/N-ethyl adjacent to an activating group) is 1. The van der Waals surface area contributed by atoms with Gasteiger partial charge in [-0.1, -0.05) is 0 Å². The van der Waals surface area contributed by atoms with Crippen LogP contribution >= 0.6 is 0 Å². The number of aliphatic hydroxyl groups is 1. The number of nitrogens with one attached hydrogen (secondary N) is 1. The standard InChI is InChI=1S/C13H24N4O2/c1-6-17-11(7-10(2)15-17)12(18)14-8-13(3,19)9-16(4)5/h7,19H,6,8-9H2,1-5H3,(H,14,18). The maximum Gasteiger partial charge on any atom is 0.269 e. The van der Waals surface area contributed by atoms with Gasteiger partial charge in [0.05, 0.1) is 11.3 Å². The molecule has 2 N–H and O–H groups in total. The molecule has 19 heavy (non-hydrogen) atoms. The van der Waals surface area contributed by atoms with E-state index in [0.717, 1.165) is 5.69 Å². The van der Waals surface area contributed by atoms with E-state index in [0.29, 0.717) is 18.8 Å². The lowest BCUT2D eigenvalue weighted by atomic mass is 10.1. The predicted molar refractivity (Wildman–Crippen MR) is 74.1 cm³/mol. The van der Waals surface area contributed by atoms with Crippen LogP contribution in [0.3, 0.4) is 0 Å². The number of hydrogen-bond donors (Lipinski definition) is 2. The van der Waals surface area contributed by atoms with Crippen LogP contribution in [0.2, 0.25) is 0 Å². The number of aryl methyl sites for hydroxylation is 2. The highest BCUT2D eigenvalue weighted by Crippen LogP contribution is 2.06. The Kier molecular flexibility index (Phi) is 5.08. The van der Waals surface area contributed by atoms with Gasteiger partial charge in [0.1, 0.15) is 5.69 Å². The molecule has 0 saturated heterocycles. The second-order valence-electron chi connectivity index (χ2n) is 5.40. The van der Waals surface area contributed by atoms with Crippen molar-refractivity contribution >= 4 is 5.91 Å². The second kappa shape index (κ2) is 6.16. The van der Waals surface area contributed by atoms with E-state index in [9.17, 15) is 9.90 Å². The van der Waals surface area contributed by atoms with Crippen LogP contribution < -0.4 is 5.32 Å². The van der Waals surface area contributed by atoms with E-state index >= 15 is 0 Å². The van der Waals surface area contributed by atoms with Gasteiger partial charge >= 0.3 is 0 Å². The first-order chi connectivity index (χ1) is 8.75. The minimum absolute atomic E-state index is 0.206. The van der Waals surface area contributed by atoms with Crippen molar-refractivity contribution in [2.45, 2.75) is 32.9 Å². The van der Waals surface area contributed by atoms with Gasteiger partial charge in [-0.15, -0.1) is 0 Å². The normalized spacial score (nSPS) is 14.5. The predicted octanol–water partition coefficient (Wildman–Crippen LogP) is 0.254. The molecule has 6 heteroatoms. The van der Waals surface area contributed by atoms with Gasteiger partial charge in [0, 0.05) is 19.6 Å². The number of rotatable bonds is 6. The number of carbonyl (C=O) groups is 1. The lowest BCUT2D eigenvalue weighted by molar-refractivity contribution is 0.0324. The van der Waals surface area contributed by atoms with Crippen molar-refractivity contribution in [1.29, 1.82) is 0 Å². The van der Waals surface area contributed by atoms with Crippen LogP contribution in [0, 0.1) is 6.92 Å². The Balaban J connectivity index is 2.65. The molecule has 1 aromatic rings. The molecule has 0 aromatic carbocycles. The van der Waals surface area contributed by atoms with Crippen molar-refractivity contribution in [2.75, 3.05) is 27.2 Å². The van der Waals surface area contributed by atoms with Gasteiger partial charge < -0.3 is 15.3 Å². The van der Waals surface area contributed by atoms with E-state index in [-0.39, 0.29) is 12.5 Å². The van der Waals surface area contributed by atoms with Crippen molar-refractivity contribution in [3.8, 4) is 0 Å². The molecular weight excluding hydrogens is 244 g/mol. The molecule has 0 spiro atoms.